The SMILES string of the molecule is O=C(NC12CC3CC(C1)C(F)C(C3)C2)OCc1ccccc1. The van der Waals surface area contributed by atoms with Gasteiger partial charge >= 0.3 is 6.09 Å². The molecule has 4 aliphatic carbocycles. The van der Waals surface area contributed by atoms with Crippen molar-refractivity contribution in [3.8, 4) is 0 Å². The summed E-state index contributed by atoms with van der Waals surface area (Å²) >= 11 is 0. The second kappa shape index (κ2) is 5.25. The van der Waals surface area contributed by atoms with E-state index < -0.39 is 6.17 Å². The molecule has 118 valence electrons. The van der Waals surface area contributed by atoms with Crippen molar-refractivity contribution in [1.82, 2.24) is 5.32 Å². The zero-order valence-corrected chi connectivity index (χ0v) is 12.6. The molecule has 3 nitrogen and oxygen atoms in total. The number of carbonyl (C=O) groups is 1. The van der Waals surface area contributed by atoms with Gasteiger partial charge in [0.05, 0.1) is 0 Å². The molecule has 22 heavy (non-hydrogen) atoms. The van der Waals surface area contributed by atoms with E-state index >= 15 is 0 Å². The van der Waals surface area contributed by atoms with Crippen molar-refractivity contribution in [1.29, 1.82) is 0 Å². The van der Waals surface area contributed by atoms with E-state index in [0.29, 0.717) is 5.92 Å². The third-order valence-electron chi connectivity index (χ3n) is 5.74. The van der Waals surface area contributed by atoms with Crippen molar-refractivity contribution in [3.63, 3.8) is 0 Å². The van der Waals surface area contributed by atoms with Crippen LogP contribution in [-0.2, 0) is 11.3 Å². The number of benzene rings is 1. The van der Waals surface area contributed by atoms with Gasteiger partial charge in [0.2, 0.25) is 0 Å². The molecule has 0 aliphatic heterocycles. The number of halogens is 1. The molecular formula is C18H22FNO2. The average Bonchev–Trinajstić information content (AvgIpc) is 2.50. The maximum atomic E-state index is 14.2. The molecule has 2 unspecified atom stereocenters. The van der Waals surface area contributed by atoms with Gasteiger partial charge in [0.15, 0.2) is 0 Å². The van der Waals surface area contributed by atoms with Crippen LogP contribution in [0.3, 0.4) is 0 Å². The highest BCUT2D eigenvalue weighted by Crippen LogP contribution is 2.56. The minimum atomic E-state index is -0.660. The number of rotatable bonds is 3. The fraction of sp³-hybridized carbons (Fsp3) is 0.611. The Labute approximate surface area is 130 Å². The largest absolute Gasteiger partial charge is 0.445 e. The third kappa shape index (κ3) is 2.49. The maximum Gasteiger partial charge on any atom is 0.407 e. The first-order chi connectivity index (χ1) is 10.6. The van der Waals surface area contributed by atoms with Crippen molar-refractivity contribution in [2.75, 3.05) is 0 Å². The summed E-state index contributed by atoms with van der Waals surface area (Å²) in [6.45, 7) is 0.283. The Hall–Kier alpha value is -1.58. The number of carbonyl (C=O) groups excluding carboxylic acids is 1. The van der Waals surface area contributed by atoms with Gasteiger partial charge in [-0.25, -0.2) is 9.18 Å². The van der Waals surface area contributed by atoms with Gasteiger partial charge in [0, 0.05) is 5.54 Å². The van der Waals surface area contributed by atoms with Crippen LogP contribution in [-0.4, -0.2) is 17.8 Å². The van der Waals surface area contributed by atoms with Crippen molar-refractivity contribution in [2.24, 2.45) is 17.8 Å². The van der Waals surface area contributed by atoms with E-state index in [-0.39, 0.29) is 30.1 Å². The van der Waals surface area contributed by atoms with Crippen LogP contribution in [0.1, 0.15) is 37.7 Å². The third-order valence-corrected chi connectivity index (χ3v) is 5.74. The highest BCUT2D eigenvalue weighted by molar-refractivity contribution is 5.68. The Kier molecular flexibility index (Phi) is 3.35. The molecule has 4 fully saturated rings. The molecule has 0 spiro atoms. The van der Waals surface area contributed by atoms with E-state index in [4.69, 9.17) is 4.74 Å². The van der Waals surface area contributed by atoms with Gasteiger partial charge in [-0.05, 0) is 55.4 Å². The monoisotopic (exact) mass is 303 g/mol. The number of alkyl carbamates (subject to hydrolysis) is 1. The fourth-order valence-corrected chi connectivity index (χ4v) is 5.09. The highest BCUT2D eigenvalue weighted by atomic mass is 19.1. The summed E-state index contributed by atoms with van der Waals surface area (Å²) in [7, 11) is 0. The van der Waals surface area contributed by atoms with Crippen LogP contribution >= 0.6 is 0 Å². The lowest BCUT2D eigenvalue weighted by Gasteiger charge is -2.57. The summed E-state index contributed by atoms with van der Waals surface area (Å²) in [5.74, 6) is 0.861. The molecule has 0 radical (unpaired) electrons. The van der Waals surface area contributed by atoms with Gasteiger partial charge in [-0.3, -0.25) is 0 Å². The number of hydrogen-bond donors (Lipinski definition) is 1. The minimum absolute atomic E-state index is 0.140. The summed E-state index contributed by atoms with van der Waals surface area (Å²) in [6, 6.07) is 9.66. The minimum Gasteiger partial charge on any atom is -0.445 e. The van der Waals surface area contributed by atoms with Crippen LogP contribution in [0.25, 0.3) is 0 Å². The van der Waals surface area contributed by atoms with Gasteiger partial charge in [-0.1, -0.05) is 30.3 Å². The quantitative estimate of drug-likeness (QED) is 0.921. The second-order valence-electron chi connectivity index (χ2n) is 7.38. The lowest BCUT2D eigenvalue weighted by molar-refractivity contribution is -0.0767. The molecule has 0 aromatic heterocycles. The summed E-state index contributed by atoms with van der Waals surface area (Å²) < 4.78 is 19.6. The van der Waals surface area contributed by atoms with Crippen molar-refractivity contribution in [3.05, 3.63) is 35.9 Å². The summed E-state index contributed by atoms with van der Waals surface area (Å²) in [6.07, 6.45) is 3.53. The molecule has 1 aromatic rings. The molecule has 4 heteroatoms. The topological polar surface area (TPSA) is 38.3 Å². The Morgan fingerprint density at radius 2 is 1.86 bits per heavy atom. The summed E-state index contributed by atoms with van der Waals surface area (Å²) in [4.78, 5) is 12.2. The first-order valence-corrected chi connectivity index (χ1v) is 8.26. The fourth-order valence-electron chi connectivity index (χ4n) is 5.09. The van der Waals surface area contributed by atoms with Gasteiger partial charge < -0.3 is 10.1 Å². The highest BCUT2D eigenvalue weighted by Gasteiger charge is 2.56. The van der Waals surface area contributed by atoms with Crippen molar-refractivity contribution in [2.45, 2.75) is 50.4 Å². The Bertz CT molecular complexity index is 545. The van der Waals surface area contributed by atoms with Crippen LogP contribution in [0.4, 0.5) is 9.18 Å². The molecule has 4 saturated carbocycles. The molecule has 1 N–H and O–H groups in total. The maximum absolute atomic E-state index is 14.2. The molecule has 2 atom stereocenters. The number of hydrogen-bond acceptors (Lipinski definition) is 2. The smallest absolute Gasteiger partial charge is 0.407 e. The van der Waals surface area contributed by atoms with Crippen LogP contribution in [0.15, 0.2) is 30.3 Å². The summed E-state index contributed by atoms with van der Waals surface area (Å²) in [5.41, 5.74) is 0.763. The number of amides is 1. The van der Waals surface area contributed by atoms with E-state index in [1.807, 2.05) is 30.3 Å². The lowest BCUT2D eigenvalue weighted by atomic mass is 9.52. The van der Waals surface area contributed by atoms with Crippen LogP contribution in [0.5, 0.6) is 0 Å². The zero-order valence-electron chi connectivity index (χ0n) is 12.6. The molecule has 1 amide bonds. The lowest BCUT2D eigenvalue weighted by Crippen LogP contribution is -2.63. The Morgan fingerprint density at radius 3 is 2.55 bits per heavy atom. The number of alkyl halides is 1. The average molecular weight is 303 g/mol. The molecule has 4 aliphatic rings. The van der Waals surface area contributed by atoms with E-state index in [1.165, 1.54) is 0 Å². The zero-order chi connectivity index (χ0) is 15.2. The molecule has 1 aromatic carbocycles. The van der Waals surface area contributed by atoms with Gasteiger partial charge in [-0.15, -0.1) is 0 Å². The summed E-state index contributed by atoms with van der Waals surface area (Å²) in [5, 5.41) is 3.09. The van der Waals surface area contributed by atoms with Crippen LogP contribution in [0, 0.1) is 17.8 Å². The number of nitrogens with one attached hydrogen (secondary N) is 1. The van der Waals surface area contributed by atoms with Gasteiger partial charge in [0.1, 0.15) is 12.8 Å². The van der Waals surface area contributed by atoms with Crippen LogP contribution < -0.4 is 5.32 Å². The Morgan fingerprint density at radius 1 is 1.18 bits per heavy atom. The van der Waals surface area contributed by atoms with Crippen LogP contribution in [0.2, 0.25) is 0 Å². The van der Waals surface area contributed by atoms with Gasteiger partial charge in [-0.2, -0.15) is 0 Å². The molecule has 4 bridgehead atoms. The number of ether oxygens (including phenoxy) is 1. The van der Waals surface area contributed by atoms with E-state index in [9.17, 15) is 9.18 Å². The van der Waals surface area contributed by atoms with Crippen molar-refractivity contribution >= 4 is 6.09 Å². The van der Waals surface area contributed by atoms with E-state index in [2.05, 4.69) is 5.32 Å². The van der Waals surface area contributed by atoms with Gasteiger partial charge in [0.25, 0.3) is 0 Å². The standard InChI is InChI=1S/C18H22FNO2/c19-16-14-6-13-7-15(16)10-18(8-13,9-14)20-17(21)22-11-12-4-2-1-3-5-12/h1-5,13-16H,6-11H2,(H,20,21). The molecule has 0 heterocycles. The normalized spacial score (nSPS) is 38.8. The molecule has 0 saturated heterocycles. The molecule has 5 rings (SSSR count). The van der Waals surface area contributed by atoms with Crippen molar-refractivity contribution < 1.29 is 13.9 Å². The van der Waals surface area contributed by atoms with E-state index in [1.54, 1.807) is 0 Å². The predicted octanol–water partition coefficient (Wildman–Crippen LogP) is 3.83. The second-order valence-corrected chi connectivity index (χ2v) is 7.38. The van der Waals surface area contributed by atoms with E-state index in [0.717, 1.165) is 37.7 Å². The first kappa shape index (κ1) is 14.0. The first-order valence-electron chi connectivity index (χ1n) is 8.26. The molecular weight excluding hydrogens is 281 g/mol. The Balaban J connectivity index is 1.38. The predicted molar refractivity (Wildman–Crippen MR) is 80.9 cm³/mol.